The van der Waals surface area contributed by atoms with Crippen molar-refractivity contribution in [2.24, 2.45) is 7.05 Å². The van der Waals surface area contributed by atoms with E-state index in [0.29, 0.717) is 5.88 Å². The van der Waals surface area contributed by atoms with Crippen LogP contribution >= 0.6 is 11.3 Å². The summed E-state index contributed by atoms with van der Waals surface area (Å²) in [6.45, 7) is 1.88. The molecule has 0 saturated carbocycles. The van der Waals surface area contributed by atoms with Gasteiger partial charge in [-0.3, -0.25) is 0 Å². The van der Waals surface area contributed by atoms with Crippen molar-refractivity contribution in [1.29, 1.82) is 0 Å². The van der Waals surface area contributed by atoms with Gasteiger partial charge in [0.05, 0.1) is 18.4 Å². The molecule has 4 nitrogen and oxygen atoms in total. The summed E-state index contributed by atoms with van der Waals surface area (Å²) in [7, 11) is 3.41. The first kappa shape index (κ1) is 13.1. The maximum absolute atomic E-state index is 10.8. The van der Waals surface area contributed by atoms with Crippen molar-refractivity contribution in [1.82, 2.24) is 9.78 Å². The second kappa shape index (κ2) is 4.92. The van der Waals surface area contributed by atoms with Gasteiger partial charge in [0.15, 0.2) is 0 Å². The number of aliphatic hydroxyl groups is 1. The lowest BCUT2D eigenvalue weighted by atomic mass is 10.0. The monoisotopic (exact) mass is 288 g/mol. The molecule has 2 aromatic heterocycles. The van der Waals surface area contributed by atoms with E-state index in [-0.39, 0.29) is 0 Å². The van der Waals surface area contributed by atoms with E-state index in [9.17, 15) is 5.11 Å². The minimum atomic E-state index is -0.735. The van der Waals surface area contributed by atoms with E-state index in [4.69, 9.17) is 4.74 Å². The van der Waals surface area contributed by atoms with Crippen molar-refractivity contribution >= 4 is 21.4 Å². The predicted molar refractivity (Wildman–Crippen MR) is 80.4 cm³/mol. The Labute approximate surface area is 121 Å². The van der Waals surface area contributed by atoms with Gasteiger partial charge in [0.2, 0.25) is 5.88 Å². The Morgan fingerprint density at radius 2 is 2.15 bits per heavy atom. The molecule has 0 fully saturated rings. The van der Waals surface area contributed by atoms with Crippen LogP contribution in [0.15, 0.2) is 29.6 Å². The lowest BCUT2D eigenvalue weighted by Gasteiger charge is -2.13. The number of methoxy groups -OCH3 is 1. The van der Waals surface area contributed by atoms with Crippen molar-refractivity contribution in [2.75, 3.05) is 7.11 Å². The van der Waals surface area contributed by atoms with E-state index < -0.39 is 6.10 Å². The van der Waals surface area contributed by atoms with Gasteiger partial charge in [-0.25, -0.2) is 4.68 Å². The zero-order chi connectivity index (χ0) is 14.3. The van der Waals surface area contributed by atoms with Crippen LogP contribution in [0.4, 0.5) is 0 Å². The van der Waals surface area contributed by atoms with Crippen molar-refractivity contribution in [2.45, 2.75) is 13.0 Å². The normalized spacial score (nSPS) is 12.8. The Bertz CT molecular complexity index is 760. The van der Waals surface area contributed by atoms with Crippen LogP contribution in [0.3, 0.4) is 0 Å². The smallest absolute Gasteiger partial charge is 0.217 e. The molecule has 2 heterocycles. The zero-order valence-corrected chi connectivity index (χ0v) is 12.4. The predicted octanol–water partition coefficient (Wildman–Crippen LogP) is 3.03. The van der Waals surface area contributed by atoms with Crippen LogP contribution in [-0.2, 0) is 7.05 Å². The fraction of sp³-hybridized carbons (Fsp3) is 0.267. The molecule has 3 aromatic rings. The Morgan fingerprint density at radius 1 is 1.35 bits per heavy atom. The number of thiophene rings is 1. The lowest BCUT2D eigenvalue weighted by Crippen LogP contribution is -2.04. The summed E-state index contributed by atoms with van der Waals surface area (Å²) in [5.74, 6) is 0.601. The number of hydrogen-bond acceptors (Lipinski definition) is 4. The number of fused-ring (bicyclic) bond motifs is 1. The molecule has 5 heteroatoms. The van der Waals surface area contributed by atoms with Crippen molar-refractivity contribution < 1.29 is 9.84 Å². The van der Waals surface area contributed by atoms with Crippen molar-refractivity contribution in [3.63, 3.8) is 0 Å². The molecule has 20 heavy (non-hydrogen) atoms. The maximum Gasteiger partial charge on any atom is 0.217 e. The van der Waals surface area contributed by atoms with Gasteiger partial charge < -0.3 is 9.84 Å². The first-order chi connectivity index (χ1) is 9.63. The quantitative estimate of drug-likeness (QED) is 0.806. The summed E-state index contributed by atoms with van der Waals surface area (Å²) in [6.07, 6.45) is -0.735. The summed E-state index contributed by atoms with van der Waals surface area (Å²) in [5, 5.41) is 18.3. The summed E-state index contributed by atoms with van der Waals surface area (Å²) >= 11 is 1.64. The Balaban J connectivity index is 2.18. The maximum atomic E-state index is 10.8. The standard InChI is InChI=1S/C15H16N2O2S/c1-9-12(15(19-3)17(2)16-9)13(18)11-6-4-5-10-7-8-20-14(10)11/h4-8,13,18H,1-3H3. The SMILES string of the molecule is COc1c(C(O)c2cccc3ccsc23)c(C)nn1C. The minimum Gasteiger partial charge on any atom is -0.481 e. The molecule has 1 N–H and O–H groups in total. The largest absolute Gasteiger partial charge is 0.481 e. The van der Waals surface area contributed by atoms with Crippen LogP contribution in [0.2, 0.25) is 0 Å². The van der Waals surface area contributed by atoms with Crippen LogP contribution in [0.5, 0.6) is 5.88 Å². The average molecular weight is 288 g/mol. The van der Waals surface area contributed by atoms with Gasteiger partial charge in [-0.2, -0.15) is 5.10 Å². The summed E-state index contributed by atoms with van der Waals surface area (Å²) in [4.78, 5) is 0. The molecule has 3 rings (SSSR count). The molecule has 1 aromatic carbocycles. The molecule has 0 aliphatic carbocycles. The fourth-order valence-electron chi connectivity index (χ4n) is 2.60. The van der Waals surface area contributed by atoms with Gasteiger partial charge >= 0.3 is 0 Å². The van der Waals surface area contributed by atoms with Crippen molar-refractivity contribution in [3.8, 4) is 5.88 Å². The summed E-state index contributed by atoms with van der Waals surface area (Å²) < 4.78 is 8.13. The number of benzene rings is 1. The van der Waals surface area contributed by atoms with Crippen LogP contribution in [0, 0.1) is 6.92 Å². The van der Waals surface area contributed by atoms with Crippen LogP contribution in [-0.4, -0.2) is 22.0 Å². The third-order valence-corrected chi connectivity index (χ3v) is 4.46. The highest BCUT2D eigenvalue weighted by molar-refractivity contribution is 7.17. The summed E-state index contributed by atoms with van der Waals surface area (Å²) in [6, 6.07) is 8.03. The molecule has 0 aliphatic heterocycles. The highest BCUT2D eigenvalue weighted by atomic mass is 32.1. The van der Waals surface area contributed by atoms with E-state index in [1.165, 1.54) is 0 Å². The average Bonchev–Trinajstić information content (AvgIpc) is 3.01. The second-order valence-electron chi connectivity index (χ2n) is 4.72. The van der Waals surface area contributed by atoms with Gasteiger partial charge in [-0.1, -0.05) is 18.2 Å². The molecule has 0 amide bonds. The molecule has 1 atom stereocenters. The lowest BCUT2D eigenvalue weighted by molar-refractivity contribution is 0.214. The van der Waals surface area contributed by atoms with Crippen LogP contribution in [0.1, 0.15) is 22.9 Å². The number of aliphatic hydroxyl groups excluding tert-OH is 1. The number of rotatable bonds is 3. The summed E-state index contributed by atoms with van der Waals surface area (Å²) in [5.41, 5.74) is 2.41. The van der Waals surface area contributed by atoms with Gasteiger partial charge in [0.25, 0.3) is 0 Å². The molecular weight excluding hydrogens is 272 g/mol. The Hall–Kier alpha value is -1.85. The molecular formula is C15H16N2O2S. The van der Waals surface area contributed by atoms with Gasteiger partial charge in [0.1, 0.15) is 6.10 Å². The van der Waals surface area contributed by atoms with E-state index in [1.54, 1.807) is 23.1 Å². The van der Waals surface area contributed by atoms with Gasteiger partial charge in [0, 0.05) is 17.3 Å². The number of hydrogen-bond donors (Lipinski definition) is 1. The van der Waals surface area contributed by atoms with E-state index in [1.807, 2.05) is 31.5 Å². The van der Waals surface area contributed by atoms with Crippen LogP contribution in [0.25, 0.3) is 10.1 Å². The molecule has 0 spiro atoms. The first-order valence-corrected chi connectivity index (χ1v) is 7.23. The number of nitrogens with zero attached hydrogens (tertiary/aromatic N) is 2. The Kier molecular flexibility index (Phi) is 3.23. The zero-order valence-electron chi connectivity index (χ0n) is 11.6. The van der Waals surface area contributed by atoms with Crippen molar-refractivity contribution in [3.05, 3.63) is 46.5 Å². The highest BCUT2D eigenvalue weighted by Gasteiger charge is 2.24. The molecule has 0 aliphatic rings. The molecule has 104 valence electrons. The molecule has 1 unspecified atom stereocenters. The van der Waals surface area contributed by atoms with Gasteiger partial charge in [-0.05, 0) is 23.8 Å². The fourth-order valence-corrected chi connectivity index (χ4v) is 3.54. The molecule has 0 bridgehead atoms. The highest BCUT2D eigenvalue weighted by Crippen LogP contribution is 2.37. The van der Waals surface area contributed by atoms with Gasteiger partial charge in [-0.15, -0.1) is 11.3 Å². The number of aryl methyl sites for hydroxylation is 2. The first-order valence-electron chi connectivity index (χ1n) is 6.35. The van der Waals surface area contributed by atoms with E-state index in [0.717, 1.165) is 26.9 Å². The minimum absolute atomic E-state index is 0.601. The third kappa shape index (κ3) is 1.90. The number of aromatic nitrogens is 2. The van der Waals surface area contributed by atoms with Crippen LogP contribution < -0.4 is 4.74 Å². The second-order valence-corrected chi connectivity index (χ2v) is 5.64. The Morgan fingerprint density at radius 3 is 2.90 bits per heavy atom. The van der Waals surface area contributed by atoms with E-state index >= 15 is 0 Å². The molecule has 0 saturated heterocycles. The van der Waals surface area contributed by atoms with E-state index in [2.05, 4.69) is 17.2 Å². The number of ether oxygens (including phenoxy) is 1. The third-order valence-electron chi connectivity index (χ3n) is 3.48. The molecule has 0 radical (unpaired) electrons. The topological polar surface area (TPSA) is 47.3 Å².